The molecule has 1 aliphatic carbocycles. The third-order valence-corrected chi connectivity index (χ3v) is 7.86. The Morgan fingerprint density at radius 3 is 2.51 bits per heavy atom. The van der Waals surface area contributed by atoms with Gasteiger partial charge >= 0.3 is 5.97 Å². The Morgan fingerprint density at radius 2 is 1.81 bits per heavy atom. The Kier molecular flexibility index (Phi) is 8.92. The Morgan fingerprint density at radius 1 is 1.09 bits per heavy atom. The number of esters is 1. The van der Waals surface area contributed by atoms with Crippen LogP contribution in [0.1, 0.15) is 96.0 Å². The number of aryl methyl sites for hydroxylation is 1. The average Bonchev–Trinajstić information content (AvgIpc) is 3.09. The lowest BCUT2D eigenvalue weighted by molar-refractivity contribution is -0.290. The summed E-state index contributed by atoms with van der Waals surface area (Å²) < 4.78 is 32.1. The van der Waals surface area contributed by atoms with Crippen LogP contribution in [0.3, 0.4) is 0 Å². The fourth-order valence-corrected chi connectivity index (χ4v) is 6.27. The van der Waals surface area contributed by atoms with Gasteiger partial charge in [0.1, 0.15) is 11.4 Å². The summed E-state index contributed by atoms with van der Waals surface area (Å²) >= 11 is 0. The Balaban J connectivity index is 1.59. The molecule has 1 fully saturated rings. The van der Waals surface area contributed by atoms with Gasteiger partial charge in [0.15, 0.2) is 5.79 Å². The zero-order valence-corrected chi connectivity index (χ0v) is 26.5. The quantitative estimate of drug-likeness (QED) is 0.271. The number of carbonyl (C=O) groups is 1. The topological polar surface area (TPSA) is 57.7 Å². The predicted octanol–water partition coefficient (Wildman–Crippen LogP) is 8.82. The minimum Gasteiger partial charge on any atom is -0.460 e. The second kappa shape index (κ2) is 12.3. The van der Waals surface area contributed by atoms with E-state index in [2.05, 4.69) is 50.3 Å². The molecular formula is C37H44FNO4. The Hall–Kier alpha value is -3.35. The largest absolute Gasteiger partial charge is 0.460 e. The van der Waals surface area contributed by atoms with Crippen molar-refractivity contribution in [1.82, 2.24) is 4.98 Å². The molecule has 2 aromatic carbocycles. The van der Waals surface area contributed by atoms with E-state index in [0.717, 1.165) is 47.3 Å². The normalized spacial score (nSPS) is 20.0. The maximum absolute atomic E-state index is 14.1. The number of aromatic nitrogens is 1. The third-order valence-electron chi connectivity index (χ3n) is 7.86. The molecule has 2 aliphatic rings. The van der Waals surface area contributed by atoms with E-state index < -0.39 is 11.4 Å². The fraction of sp³-hybridized carbons (Fsp3) is 0.459. The first-order chi connectivity index (χ1) is 20.3. The molecule has 0 unspecified atom stereocenters. The first-order valence-corrected chi connectivity index (χ1v) is 15.5. The number of benzene rings is 2. The molecule has 2 atom stereocenters. The fourth-order valence-electron chi connectivity index (χ4n) is 6.27. The summed E-state index contributed by atoms with van der Waals surface area (Å²) in [5.41, 5.74) is 8.22. The lowest BCUT2D eigenvalue weighted by atomic mass is 9.86. The van der Waals surface area contributed by atoms with Gasteiger partial charge < -0.3 is 14.2 Å². The van der Waals surface area contributed by atoms with Crippen molar-refractivity contribution in [2.45, 2.75) is 110 Å². The lowest BCUT2D eigenvalue weighted by Gasteiger charge is -2.40. The van der Waals surface area contributed by atoms with Crippen LogP contribution in [0, 0.1) is 5.82 Å². The minimum atomic E-state index is -0.865. The van der Waals surface area contributed by atoms with Crippen LogP contribution < -0.4 is 0 Å². The smallest absolute Gasteiger partial charge is 0.308 e. The van der Waals surface area contributed by atoms with Gasteiger partial charge in [-0.25, -0.2) is 4.39 Å². The van der Waals surface area contributed by atoms with E-state index >= 15 is 0 Å². The molecule has 1 aromatic heterocycles. The van der Waals surface area contributed by atoms with Crippen molar-refractivity contribution in [3.05, 3.63) is 82.8 Å². The van der Waals surface area contributed by atoms with Crippen molar-refractivity contribution in [3.63, 3.8) is 0 Å². The zero-order chi connectivity index (χ0) is 30.9. The van der Waals surface area contributed by atoms with E-state index in [4.69, 9.17) is 19.2 Å². The molecule has 0 amide bonds. The van der Waals surface area contributed by atoms with Crippen LogP contribution >= 0.6 is 0 Å². The lowest BCUT2D eigenvalue weighted by Crippen LogP contribution is -2.45. The van der Waals surface area contributed by atoms with Gasteiger partial charge in [0.2, 0.25) is 0 Å². The number of hydrogen-bond acceptors (Lipinski definition) is 5. The molecule has 0 N–H and O–H groups in total. The van der Waals surface area contributed by atoms with Gasteiger partial charge in [0, 0.05) is 17.5 Å². The van der Waals surface area contributed by atoms with E-state index in [0.29, 0.717) is 6.42 Å². The molecule has 43 heavy (non-hydrogen) atoms. The predicted molar refractivity (Wildman–Crippen MR) is 169 cm³/mol. The maximum atomic E-state index is 14.1. The van der Waals surface area contributed by atoms with E-state index in [1.807, 2.05) is 46.8 Å². The number of hydrogen-bond donors (Lipinski definition) is 0. The number of fused-ring (bicyclic) bond motifs is 3. The molecule has 3 aromatic rings. The number of nitrogens with zero attached hydrogens (tertiary/aromatic N) is 1. The van der Waals surface area contributed by atoms with Gasteiger partial charge in [-0.05, 0) is 94.2 Å². The van der Waals surface area contributed by atoms with Crippen LogP contribution in [0.15, 0.2) is 54.6 Å². The molecule has 6 heteroatoms. The Bertz CT molecular complexity index is 1500. The van der Waals surface area contributed by atoms with Gasteiger partial charge in [-0.1, -0.05) is 62.4 Å². The first-order valence-electron chi connectivity index (χ1n) is 15.5. The average molecular weight is 586 g/mol. The molecule has 5 rings (SSSR count). The van der Waals surface area contributed by atoms with E-state index in [-0.39, 0.29) is 36.3 Å². The van der Waals surface area contributed by atoms with E-state index in [1.54, 1.807) is 0 Å². The van der Waals surface area contributed by atoms with Gasteiger partial charge in [0.05, 0.1) is 30.0 Å². The standard InChI is InChI=1S/C37H44FNO4/c1-23(2)34-31(20-19-27-21-28(42-37(6,7)41-27)22-32(40)43-36(3,4)5)33(25-15-17-26(38)18-16-25)30-14-10-12-24-11-8-9-13-29(24)35(30)39-34/h8-9,11,13,15-20,23,27-28H,10,12,14,21-22H2,1-7H3/b20-19+/t27-,28-/m1/s1. The summed E-state index contributed by atoms with van der Waals surface area (Å²) in [5.74, 6) is -1.26. The maximum Gasteiger partial charge on any atom is 0.308 e. The SMILES string of the molecule is CC(C)c1nc2c(c(-c3ccc(F)cc3)c1/C=C/[C@@H]1C[C@H](CC(=O)OC(C)(C)C)OC(C)(C)O1)CCCc1ccccc1-2. The van der Waals surface area contributed by atoms with Crippen molar-refractivity contribution in [2.24, 2.45) is 0 Å². The first kappa shape index (κ1) is 31.1. The highest BCUT2D eigenvalue weighted by atomic mass is 19.1. The van der Waals surface area contributed by atoms with Crippen molar-refractivity contribution >= 4 is 12.0 Å². The van der Waals surface area contributed by atoms with E-state index in [1.165, 1.54) is 28.8 Å². The summed E-state index contributed by atoms with van der Waals surface area (Å²) in [6, 6.07) is 15.3. The van der Waals surface area contributed by atoms with Crippen LogP contribution in [0.4, 0.5) is 4.39 Å². The molecule has 0 spiro atoms. The van der Waals surface area contributed by atoms with Crippen LogP contribution in [0.25, 0.3) is 28.5 Å². The zero-order valence-electron chi connectivity index (χ0n) is 26.5. The Labute approximate surface area is 255 Å². The summed E-state index contributed by atoms with van der Waals surface area (Å²) in [5, 5.41) is 0. The highest BCUT2D eigenvalue weighted by Gasteiger charge is 2.36. The summed E-state index contributed by atoms with van der Waals surface area (Å²) in [7, 11) is 0. The molecule has 0 radical (unpaired) electrons. The van der Waals surface area contributed by atoms with Crippen LogP contribution in [-0.2, 0) is 31.8 Å². The minimum absolute atomic E-state index is 0.145. The second-order valence-corrected chi connectivity index (χ2v) is 13.5. The van der Waals surface area contributed by atoms with Gasteiger partial charge in [-0.15, -0.1) is 0 Å². The molecule has 0 saturated carbocycles. The van der Waals surface area contributed by atoms with E-state index in [9.17, 15) is 9.18 Å². The molecule has 0 bridgehead atoms. The van der Waals surface area contributed by atoms with Crippen LogP contribution in [-0.4, -0.2) is 34.5 Å². The molecule has 1 saturated heterocycles. The monoisotopic (exact) mass is 585 g/mol. The molecule has 1 aliphatic heterocycles. The number of pyridine rings is 1. The van der Waals surface area contributed by atoms with Crippen molar-refractivity contribution in [1.29, 1.82) is 0 Å². The number of ether oxygens (including phenoxy) is 3. The van der Waals surface area contributed by atoms with Crippen molar-refractivity contribution in [3.8, 4) is 22.4 Å². The summed E-state index contributed by atoms with van der Waals surface area (Å²) in [6.07, 6.45) is 7.12. The van der Waals surface area contributed by atoms with Crippen LogP contribution in [0.2, 0.25) is 0 Å². The van der Waals surface area contributed by atoms with Gasteiger partial charge in [-0.2, -0.15) is 0 Å². The third kappa shape index (κ3) is 7.42. The second-order valence-electron chi connectivity index (χ2n) is 13.5. The van der Waals surface area contributed by atoms with Gasteiger partial charge in [-0.3, -0.25) is 9.78 Å². The summed E-state index contributed by atoms with van der Waals surface area (Å²) in [4.78, 5) is 18.0. The highest BCUT2D eigenvalue weighted by molar-refractivity contribution is 5.85. The van der Waals surface area contributed by atoms with Gasteiger partial charge in [0.25, 0.3) is 0 Å². The molecule has 5 nitrogen and oxygen atoms in total. The number of rotatable bonds is 6. The van der Waals surface area contributed by atoms with Crippen LogP contribution in [0.5, 0.6) is 0 Å². The summed E-state index contributed by atoms with van der Waals surface area (Å²) in [6.45, 7) is 13.7. The van der Waals surface area contributed by atoms with Crippen molar-refractivity contribution < 1.29 is 23.4 Å². The highest BCUT2D eigenvalue weighted by Crippen LogP contribution is 2.42. The number of halogens is 1. The molecular weight excluding hydrogens is 541 g/mol. The number of carbonyl (C=O) groups excluding carboxylic acids is 1. The molecule has 228 valence electrons. The van der Waals surface area contributed by atoms with Crippen molar-refractivity contribution in [2.75, 3.05) is 0 Å². The molecule has 2 heterocycles.